The first kappa shape index (κ1) is 12.9. The van der Waals surface area contributed by atoms with Crippen molar-refractivity contribution in [1.82, 2.24) is 0 Å². The summed E-state index contributed by atoms with van der Waals surface area (Å²) in [6.45, 7) is 1.84. The van der Waals surface area contributed by atoms with E-state index in [2.05, 4.69) is 53.4 Å². The van der Waals surface area contributed by atoms with Crippen LogP contribution in [0.2, 0.25) is 0 Å². The van der Waals surface area contributed by atoms with Crippen LogP contribution in [-0.4, -0.2) is 18.6 Å². The van der Waals surface area contributed by atoms with Crippen LogP contribution in [0.25, 0.3) is 0 Å². The fourth-order valence-corrected chi connectivity index (χ4v) is 4.13. The van der Waals surface area contributed by atoms with Crippen LogP contribution in [0.15, 0.2) is 48.5 Å². The third-order valence-electron chi connectivity index (χ3n) is 5.34. The van der Waals surface area contributed by atoms with Crippen molar-refractivity contribution in [3.05, 3.63) is 65.2 Å². The maximum absolute atomic E-state index is 6.29. The van der Waals surface area contributed by atoms with Gasteiger partial charge in [0.15, 0.2) is 0 Å². The van der Waals surface area contributed by atoms with Gasteiger partial charge in [-0.25, -0.2) is 0 Å². The van der Waals surface area contributed by atoms with E-state index < -0.39 is 0 Å². The SMILES string of the molecule is NCC1(N2CCc3ccccc32)CCc2ccccc2C1. The van der Waals surface area contributed by atoms with Crippen molar-refractivity contribution in [2.24, 2.45) is 5.73 Å². The Balaban J connectivity index is 1.73. The van der Waals surface area contributed by atoms with Gasteiger partial charge in [0, 0.05) is 18.8 Å². The van der Waals surface area contributed by atoms with Crippen LogP contribution in [0.5, 0.6) is 0 Å². The van der Waals surface area contributed by atoms with E-state index in [1.807, 2.05) is 0 Å². The predicted octanol–water partition coefficient (Wildman–Crippen LogP) is 2.94. The summed E-state index contributed by atoms with van der Waals surface area (Å²) >= 11 is 0. The van der Waals surface area contributed by atoms with E-state index in [1.165, 1.54) is 22.4 Å². The molecule has 1 aliphatic heterocycles. The number of hydrogen-bond donors (Lipinski definition) is 1. The fourth-order valence-electron chi connectivity index (χ4n) is 4.13. The summed E-state index contributed by atoms with van der Waals surface area (Å²) in [5.74, 6) is 0. The number of nitrogens with zero attached hydrogens (tertiary/aromatic N) is 1. The lowest BCUT2D eigenvalue weighted by molar-refractivity contribution is 0.353. The number of fused-ring (bicyclic) bond motifs is 2. The molecule has 4 rings (SSSR count). The van der Waals surface area contributed by atoms with Gasteiger partial charge in [0.2, 0.25) is 0 Å². The van der Waals surface area contributed by atoms with Crippen LogP contribution in [0.1, 0.15) is 23.1 Å². The zero-order valence-corrected chi connectivity index (χ0v) is 12.4. The van der Waals surface area contributed by atoms with E-state index >= 15 is 0 Å². The lowest BCUT2D eigenvalue weighted by atomic mass is 9.76. The van der Waals surface area contributed by atoms with Crippen LogP contribution in [0.3, 0.4) is 0 Å². The Morgan fingerprint density at radius 1 is 0.905 bits per heavy atom. The Kier molecular flexibility index (Phi) is 3.00. The highest BCUT2D eigenvalue weighted by atomic mass is 15.2. The van der Waals surface area contributed by atoms with Gasteiger partial charge in [-0.2, -0.15) is 0 Å². The number of nitrogens with two attached hydrogens (primary N) is 1. The molecule has 0 spiro atoms. The topological polar surface area (TPSA) is 29.3 Å². The summed E-state index contributed by atoms with van der Waals surface area (Å²) in [5.41, 5.74) is 12.3. The van der Waals surface area contributed by atoms with Gasteiger partial charge in [0.1, 0.15) is 0 Å². The Labute approximate surface area is 126 Å². The largest absolute Gasteiger partial charge is 0.364 e. The van der Waals surface area contributed by atoms with E-state index in [0.29, 0.717) is 0 Å². The molecule has 0 aromatic heterocycles. The quantitative estimate of drug-likeness (QED) is 0.915. The Bertz CT molecular complexity index is 664. The predicted molar refractivity (Wildman–Crippen MR) is 87.7 cm³/mol. The molecule has 1 unspecified atom stereocenters. The average molecular weight is 278 g/mol. The molecule has 0 fully saturated rings. The number of benzene rings is 2. The molecule has 0 bridgehead atoms. The van der Waals surface area contributed by atoms with Crippen molar-refractivity contribution < 1.29 is 0 Å². The minimum atomic E-state index is 0.0982. The minimum Gasteiger partial charge on any atom is -0.364 e. The molecule has 2 heteroatoms. The molecule has 2 aliphatic rings. The van der Waals surface area contributed by atoms with Gasteiger partial charge in [0.25, 0.3) is 0 Å². The zero-order valence-electron chi connectivity index (χ0n) is 12.4. The van der Waals surface area contributed by atoms with Gasteiger partial charge in [-0.15, -0.1) is 0 Å². The monoisotopic (exact) mass is 278 g/mol. The van der Waals surface area contributed by atoms with Crippen molar-refractivity contribution in [3.63, 3.8) is 0 Å². The molecule has 1 aliphatic carbocycles. The van der Waals surface area contributed by atoms with Crippen LogP contribution in [0.4, 0.5) is 5.69 Å². The first-order chi connectivity index (χ1) is 10.3. The van der Waals surface area contributed by atoms with Crippen LogP contribution in [0, 0.1) is 0 Å². The van der Waals surface area contributed by atoms with Gasteiger partial charge in [-0.1, -0.05) is 42.5 Å². The van der Waals surface area contributed by atoms with Gasteiger partial charge >= 0.3 is 0 Å². The molecule has 0 saturated carbocycles. The van der Waals surface area contributed by atoms with E-state index in [-0.39, 0.29) is 5.54 Å². The van der Waals surface area contributed by atoms with Gasteiger partial charge < -0.3 is 10.6 Å². The molecule has 1 atom stereocenters. The summed E-state index contributed by atoms with van der Waals surface area (Å²) < 4.78 is 0. The second kappa shape index (κ2) is 4.88. The third kappa shape index (κ3) is 1.97. The normalized spacial score (nSPS) is 23.8. The second-order valence-electron chi connectivity index (χ2n) is 6.40. The molecule has 108 valence electrons. The van der Waals surface area contributed by atoms with Crippen molar-refractivity contribution in [3.8, 4) is 0 Å². The number of anilines is 1. The summed E-state index contributed by atoms with van der Waals surface area (Å²) in [5, 5.41) is 0. The molecule has 2 aromatic rings. The second-order valence-corrected chi connectivity index (χ2v) is 6.40. The first-order valence-electron chi connectivity index (χ1n) is 7.95. The minimum absolute atomic E-state index is 0.0982. The van der Waals surface area contributed by atoms with E-state index in [9.17, 15) is 0 Å². The van der Waals surface area contributed by atoms with Crippen LogP contribution >= 0.6 is 0 Å². The molecular weight excluding hydrogens is 256 g/mol. The smallest absolute Gasteiger partial charge is 0.0567 e. The summed E-state index contributed by atoms with van der Waals surface area (Å²) in [6, 6.07) is 17.7. The number of aryl methyl sites for hydroxylation is 1. The zero-order chi connectivity index (χ0) is 14.3. The highest BCUT2D eigenvalue weighted by Gasteiger charge is 2.41. The van der Waals surface area contributed by atoms with E-state index in [0.717, 1.165) is 38.8 Å². The van der Waals surface area contributed by atoms with Crippen molar-refractivity contribution in [2.75, 3.05) is 18.0 Å². The molecular formula is C19H22N2. The molecule has 0 amide bonds. The van der Waals surface area contributed by atoms with Crippen LogP contribution in [-0.2, 0) is 19.3 Å². The van der Waals surface area contributed by atoms with Crippen molar-refractivity contribution in [1.29, 1.82) is 0 Å². The molecule has 0 saturated heterocycles. The molecule has 1 heterocycles. The maximum atomic E-state index is 6.29. The third-order valence-corrected chi connectivity index (χ3v) is 5.34. The molecule has 2 aromatic carbocycles. The highest BCUT2D eigenvalue weighted by molar-refractivity contribution is 5.61. The lowest BCUT2D eigenvalue weighted by Crippen LogP contribution is -2.57. The Morgan fingerprint density at radius 3 is 2.43 bits per heavy atom. The van der Waals surface area contributed by atoms with E-state index in [4.69, 9.17) is 5.73 Å². The summed E-state index contributed by atoms with van der Waals surface area (Å²) in [4.78, 5) is 2.60. The van der Waals surface area contributed by atoms with Crippen molar-refractivity contribution >= 4 is 5.69 Å². The van der Waals surface area contributed by atoms with Crippen LogP contribution < -0.4 is 10.6 Å². The number of hydrogen-bond acceptors (Lipinski definition) is 2. The average Bonchev–Trinajstić information content (AvgIpc) is 2.99. The number of para-hydroxylation sites is 1. The van der Waals surface area contributed by atoms with Gasteiger partial charge in [-0.05, 0) is 48.4 Å². The molecule has 0 radical (unpaired) electrons. The Morgan fingerprint density at radius 2 is 1.62 bits per heavy atom. The van der Waals surface area contributed by atoms with Gasteiger partial charge in [0.05, 0.1) is 5.54 Å². The molecule has 21 heavy (non-hydrogen) atoms. The standard InChI is InChI=1S/C19H22N2/c20-14-19(11-9-15-5-1-2-7-17(15)13-19)21-12-10-16-6-3-4-8-18(16)21/h1-8H,9-14,20H2. The van der Waals surface area contributed by atoms with E-state index in [1.54, 1.807) is 0 Å². The number of rotatable bonds is 2. The highest BCUT2D eigenvalue weighted by Crippen LogP contribution is 2.40. The maximum Gasteiger partial charge on any atom is 0.0567 e. The molecule has 2 nitrogen and oxygen atoms in total. The Hall–Kier alpha value is -1.80. The first-order valence-corrected chi connectivity index (χ1v) is 7.95. The van der Waals surface area contributed by atoms with Gasteiger partial charge in [-0.3, -0.25) is 0 Å². The molecule has 2 N–H and O–H groups in total. The fraction of sp³-hybridized carbons (Fsp3) is 0.368. The summed E-state index contributed by atoms with van der Waals surface area (Å²) in [6.07, 6.45) is 4.54. The van der Waals surface area contributed by atoms with Crippen molar-refractivity contribution in [2.45, 2.75) is 31.2 Å². The summed E-state index contributed by atoms with van der Waals surface area (Å²) in [7, 11) is 0. The lowest BCUT2D eigenvalue weighted by Gasteiger charge is -2.46.